The molecular weight excluding hydrogens is 338 g/mol. The molecule has 0 spiro atoms. The van der Waals surface area contributed by atoms with E-state index >= 15 is 0 Å². The van der Waals surface area contributed by atoms with Crippen molar-refractivity contribution in [1.82, 2.24) is 9.80 Å². The summed E-state index contributed by atoms with van der Waals surface area (Å²) in [5.41, 5.74) is 2.43. The van der Waals surface area contributed by atoms with Crippen molar-refractivity contribution in [2.45, 2.75) is 13.5 Å². The van der Waals surface area contributed by atoms with Crippen molar-refractivity contribution in [2.75, 3.05) is 51.3 Å². The first-order chi connectivity index (χ1) is 13.2. The normalized spacial score (nSPS) is 14.5. The summed E-state index contributed by atoms with van der Waals surface area (Å²) in [5.74, 6) is 1.09. The summed E-state index contributed by atoms with van der Waals surface area (Å²) in [6, 6.07) is 18.5. The quantitative estimate of drug-likeness (QED) is 0.754. The molecule has 1 aliphatic rings. The van der Waals surface area contributed by atoms with Crippen LogP contribution in [0.15, 0.2) is 54.6 Å². The number of hydrogen-bond acceptors (Lipinski definition) is 4. The van der Waals surface area contributed by atoms with Gasteiger partial charge in [0.15, 0.2) is 0 Å². The highest BCUT2D eigenvalue weighted by molar-refractivity contribution is 5.78. The van der Waals surface area contributed by atoms with Crippen molar-refractivity contribution in [3.05, 3.63) is 60.2 Å². The van der Waals surface area contributed by atoms with Crippen LogP contribution in [0, 0.1) is 0 Å². The van der Waals surface area contributed by atoms with E-state index in [4.69, 9.17) is 4.74 Å². The number of carbonyl (C=O) groups is 1. The second-order valence-corrected chi connectivity index (χ2v) is 6.85. The Morgan fingerprint density at radius 2 is 1.67 bits per heavy atom. The second-order valence-electron chi connectivity index (χ2n) is 6.85. The lowest BCUT2D eigenvalue weighted by atomic mass is 10.2. The second kappa shape index (κ2) is 9.42. The van der Waals surface area contributed by atoms with Crippen molar-refractivity contribution in [1.29, 1.82) is 0 Å². The number of benzene rings is 2. The van der Waals surface area contributed by atoms with E-state index in [-0.39, 0.29) is 5.91 Å². The summed E-state index contributed by atoms with van der Waals surface area (Å²) in [7, 11) is 1.68. The summed E-state index contributed by atoms with van der Waals surface area (Å²) >= 11 is 0. The van der Waals surface area contributed by atoms with Gasteiger partial charge < -0.3 is 14.5 Å². The van der Waals surface area contributed by atoms with Gasteiger partial charge in [0.2, 0.25) is 5.91 Å². The van der Waals surface area contributed by atoms with Gasteiger partial charge >= 0.3 is 0 Å². The molecule has 0 saturated carbocycles. The van der Waals surface area contributed by atoms with Crippen LogP contribution in [0.25, 0.3) is 0 Å². The van der Waals surface area contributed by atoms with Crippen LogP contribution in [0.5, 0.6) is 5.75 Å². The number of ether oxygens (including phenoxy) is 1. The molecule has 1 heterocycles. The van der Waals surface area contributed by atoms with Crippen LogP contribution >= 0.6 is 0 Å². The SMILES string of the molecule is CCN(CC(=O)N1CCN(c2ccc(OC)cc2)CC1)Cc1ccccc1. The standard InChI is InChI=1S/C22H29N3O2/c1-3-23(17-19-7-5-4-6-8-19)18-22(26)25-15-13-24(14-16-25)20-9-11-21(27-2)12-10-20/h4-12H,3,13-18H2,1-2H3. The summed E-state index contributed by atoms with van der Waals surface area (Å²) in [4.78, 5) is 19.3. The zero-order valence-corrected chi connectivity index (χ0v) is 16.3. The smallest absolute Gasteiger partial charge is 0.236 e. The molecule has 5 nitrogen and oxygen atoms in total. The van der Waals surface area contributed by atoms with Crippen LogP contribution in [-0.2, 0) is 11.3 Å². The number of rotatable bonds is 7. The molecule has 1 aliphatic heterocycles. The van der Waals surface area contributed by atoms with Crippen molar-refractivity contribution in [2.24, 2.45) is 0 Å². The average Bonchev–Trinajstić information content (AvgIpc) is 2.74. The van der Waals surface area contributed by atoms with Crippen molar-refractivity contribution < 1.29 is 9.53 Å². The van der Waals surface area contributed by atoms with Gasteiger partial charge in [-0.15, -0.1) is 0 Å². The van der Waals surface area contributed by atoms with E-state index < -0.39 is 0 Å². The minimum atomic E-state index is 0.224. The molecule has 27 heavy (non-hydrogen) atoms. The minimum absolute atomic E-state index is 0.224. The average molecular weight is 367 g/mol. The summed E-state index contributed by atoms with van der Waals surface area (Å²) in [6.07, 6.45) is 0. The first-order valence-corrected chi connectivity index (χ1v) is 9.62. The summed E-state index contributed by atoms with van der Waals surface area (Å²) in [6.45, 7) is 7.54. The maximum Gasteiger partial charge on any atom is 0.236 e. The largest absolute Gasteiger partial charge is 0.497 e. The van der Waals surface area contributed by atoms with E-state index in [1.807, 2.05) is 35.2 Å². The van der Waals surface area contributed by atoms with Crippen LogP contribution in [0.1, 0.15) is 12.5 Å². The van der Waals surface area contributed by atoms with Gasteiger partial charge in [-0.3, -0.25) is 9.69 Å². The van der Waals surface area contributed by atoms with Gasteiger partial charge in [0.1, 0.15) is 5.75 Å². The molecule has 0 atom stereocenters. The topological polar surface area (TPSA) is 36.0 Å². The Kier molecular flexibility index (Phi) is 6.71. The molecule has 0 N–H and O–H groups in total. The molecular formula is C22H29N3O2. The lowest BCUT2D eigenvalue weighted by Gasteiger charge is -2.37. The van der Waals surface area contributed by atoms with Crippen LogP contribution in [-0.4, -0.2) is 62.1 Å². The molecule has 2 aromatic carbocycles. The Labute approximate surface area is 162 Å². The molecule has 3 rings (SSSR count). The third-order valence-corrected chi connectivity index (χ3v) is 5.13. The Hall–Kier alpha value is -2.53. The van der Waals surface area contributed by atoms with Gasteiger partial charge in [0, 0.05) is 38.4 Å². The van der Waals surface area contributed by atoms with E-state index in [1.165, 1.54) is 11.3 Å². The van der Waals surface area contributed by atoms with Crippen LogP contribution < -0.4 is 9.64 Å². The Morgan fingerprint density at radius 3 is 2.26 bits per heavy atom. The molecule has 0 unspecified atom stereocenters. The minimum Gasteiger partial charge on any atom is -0.497 e. The molecule has 2 aromatic rings. The van der Waals surface area contributed by atoms with Gasteiger partial charge in [-0.25, -0.2) is 0 Å². The van der Waals surface area contributed by atoms with Gasteiger partial charge in [-0.05, 0) is 36.4 Å². The third-order valence-electron chi connectivity index (χ3n) is 5.13. The molecule has 0 radical (unpaired) electrons. The molecule has 1 amide bonds. The molecule has 0 aliphatic carbocycles. The molecule has 1 fully saturated rings. The predicted molar refractivity (Wildman–Crippen MR) is 109 cm³/mol. The lowest BCUT2D eigenvalue weighted by molar-refractivity contribution is -0.132. The van der Waals surface area contributed by atoms with E-state index in [1.54, 1.807) is 7.11 Å². The van der Waals surface area contributed by atoms with Crippen LogP contribution in [0.3, 0.4) is 0 Å². The third kappa shape index (κ3) is 5.23. The number of piperazine rings is 1. The highest BCUT2D eigenvalue weighted by Crippen LogP contribution is 2.20. The van der Waals surface area contributed by atoms with E-state index in [0.717, 1.165) is 45.0 Å². The van der Waals surface area contributed by atoms with Crippen molar-refractivity contribution in [3.8, 4) is 5.75 Å². The van der Waals surface area contributed by atoms with Crippen molar-refractivity contribution in [3.63, 3.8) is 0 Å². The highest BCUT2D eigenvalue weighted by atomic mass is 16.5. The maximum atomic E-state index is 12.7. The number of likely N-dealkylation sites (N-methyl/N-ethyl adjacent to an activating group) is 1. The fourth-order valence-corrected chi connectivity index (χ4v) is 3.42. The fourth-order valence-electron chi connectivity index (χ4n) is 3.42. The first kappa shape index (κ1) is 19.2. The number of anilines is 1. The van der Waals surface area contributed by atoms with Gasteiger partial charge in [-0.1, -0.05) is 37.3 Å². The van der Waals surface area contributed by atoms with Crippen LogP contribution in [0.2, 0.25) is 0 Å². The van der Waals surface area contributed by atoms with E-state index in [0.29, 0.717) is 6.54 Å². The number of amides is 1. The lowest BCUT2D eigenvalue weighted by Crippen LogP contribution is -2.51. The molecule has 0 aromatic heterocycles. The first-order valence-electron chi connectivity index (χ1n) is 9.62. The number of nitrogens with zero attached hydrogens (tertiary/aromatic N) is 3. The number of hydrogen-bond donors (Lipinski definition) is 0. The monoisotopic (exact) mass is 367 g/mol. The van der Waals surface area contributed by atoms with Crippen LogP contribution in [0.4, 0.5) is 5.69 Å². The zero-order valence-electron chi connectivity index (χ0n) is 16.3. The highest BCUT2D eigenvalue weighted by Gasteiger charge is 2.22. The molecule has 5 heteroatoms. The van der Waals surface area contributed by atoms with Gasteiger partial charge in [0.05, 0.1) is 13.7 Å². The van der Waals surface area contributed by atoms with E-state index in [9.17, 15) is 4.79 Å². The molecule has 0 bridgehead atoms. The fraction of sp³-hybridized carbons (Fsp3) is 0.409. The Balaban J connectivity index is 1.49. The summed E-state index contributed by atoms with van der Waals surface area (Å²) in [5, 5.41) is 0. The van der Waals surface area contributed by atoms with Crippen molar-refractivity contribution >= 4 is 11.6 Å². The molecule has 1 saturated heterocycles. The molecule has 144 valence electrons. The number of carbonyl (C=O) groups excluding carboxylic acids is 1. The van der Waals surface area contributed by atoms with Gasteiger partial charge in [-0.2, -0.15) is 0 Å². The van der Waals surface area contributed by atoms with E-state index in [2.05, 4.69) is 41.0 Å². The number of methoxy groups -OCH3 is 1. The van der Waals surface area contributed by atoms with Gasteiger partial charge in [0.25, 0.3) is 0 Å². The Bertz CT molecular complexity index is 710. The zero-order chi connectivity index (χ0) is 19.1. The Morgan fingerprint density at radius 1 is 1.00 bits per heavy atom. The maximum absolute atomic E-state index is 12.7. The predicted octanol–water partition coefficient (Wildman–Crippen LogP) is 2.87. The summed E-state index contributed by atoms with van der Waals surface area (Å²) < 4.78 is 5.22.